The Bertz CT molecular complexity index is 408. The summed E-state index contributed by atoms with van der Waals surface area (Å²) in [5.74, 6) is 0.830. The third-order valence-corrected chi connectivity index (χ3v) is 3.33. The quantitative estimate of drug-likeness (QED) is 0.642. The van der Waals surface area contributed by atoms with Crippen molar-refractivity contribution < 1.29 is 4.74 Å². The molecule has 4 heteroatoms. The van der Waals surface area contributed by atoms with E-state index in [1.807, 2.05) is 0 Å². The lowest BCUT2D eigenvalue weighted by atomic mass is 10.1. The van der Waals surface area contributed by atoms with Crippen molar-refractivity contribution >= 4 is 5.96 Å². The first-order valence-corrected chi connectivity index (χ1v) is 6.89. The molecule has 1 unspecified atom stereocenters. The summed E-state index contributed by atoms with van der Waals surface area (Å²) in [6.45, 7) is 4.60. The molecule has 19 heavy (non-hydrogen) atoms. The summed E-state index contributed by atoms with van der Waals surface area (Å²) in [7, 11) is 1.79. The zero-order valence-electron chi connectivity index (χ0n) is 11.8. The molecule has 0 saturated carbocycles. The van der Waals surface area contributed by atoms with Gasteiger partial charge in [0.05, 0.1) is 6.10 Å². The van der Waals surface area contributed by atoms with Gasteiger partial charge in [0, 0.05) is 26.7 Å². The molecule has 1 aliphatic rings. The van der Waals surface area contributed by atoms with E-state index in [2.05, 4.69) is 46.8 Å². The van der Waals surface area contributed by atoms with Gasteiger partial charge in [-0.2, -0.15) is 0 Å². The van der Waals surface area contributed by atoms with Crippen molar-refractivity contribution in [2.75, 3.05) is 20.2 Å². The minimum Gasteiger partial charge on any atom is -0.376 e. The van der Waals surface area contributed by atoms with Gasteiger partial charge in [-0.15, -0.1) is 0 Å². The van der Waals surface area contributed by atoms with Crippen molar-refractivity contribution in [2.24, 2.45) is 4.99 Å². The lowest BCUT2D eigenvalue weighted by molar-refractivity contribution is 0.114. The van der Waals surface area contributed by atoms with Crippen LogP contribution < -0.4 is 10.6 Å². The molecule has 0 aromatic heterocycles. The third-order valence-electron chi connectivity index (χ3n) is 3.33. The van der Waals surface area contributed by atoms with Gasteiger partial charge in [-0.05, 0) is 25.3 Å². The topological polar surface area (TPSA) is 45.7 Å². The fourth-order valence-electron chi connectivity index (χ4n) is 2.13. The maximum atomic E-state index is 5.58. The number of hydrogen-bond donors (Lipinski definition) is 2. The second-order valence-electron chi connectivity index (χ2n) is 4.93. The SMILES string of the molecule is CN=C(NCc1ccc(C)cc1)NCC1CCCO1. The first-order chi connectivity index (χ1) is 9.28. The average Bonchev–Trinajstić information content (AvgIpc) is 2.94. The fraction of sp³-hybridized carbons (Fsp3) is 0.533. The van der Waals surface area contributed by atoms with E-state index in [1.54, 1.807) is 7.05 Å². The summed E-state index contributed by atoms with van der Waals surface area (Å²) in [6, 6.07) is 8.52. The molecule has 1 aromatic carbocycles. The molecule has 104 valence electrons. The van der Waals surface area contributed by atoms with Gasteiger partial charge in [0.1, 0.15) is 0 Å². The maximum Gasteiger partial charge on any atom is 0.191 e. The van der Waals surface area contributed by atoms with E-state index in [-0.39, 0.29) is 0 Å². The molecular weight excluding hydrogens is 238 g/mol. The molecule has 1 atom stereocenters. The Labute approximate surface area is 115 Å². The standard InChI is InChI=1S/C15H23N3O/c1-12-5-7-13(8-6-12)10-17-15(16-2)18-11-14-4-3-9-19-14/h5-8,14H,3-4,9-11H2,1-2H3,(H2,16,17,18). The van der Waals surface area contributed by atoms with Crippen LogP contribution in [-0.2, 0) is 11.3 Å². The zero-order chi connectivity index (χ0) is 13.5. The van der Waals surface area contributed by atoms with Crippen molar-refractivity contribution in [2.45, 2.75) is 32.4 Å². The number of aliphatic imine (C=N–C) groups is 1. The molecule has 0 radical (unpaired) electrons. The van der Waals surface area contributed by atoms with Gasteiger partial charge >= 0.3 is 0 Å². The zero-order valence-corrected chi connectivity index (χ0v) is 11.8. The van der Waals surface area contributed by atoms with E-state index in [4.69, 9.17) is 4.74 Å². The number of nitrogens with zero attached hydrogens (tertiary/aromatic N) is 1. The van der Waals surface area contributed by atoms with Gasteiger partial charge in [-0.3, -0.25) is 4.99 Å². The summed E-state index contributed by atoms with van der Waals surface area (Å²) in [5.41, 5.74) is 2.54. The van der Waals surface area contributed by atoms with Gasteiger partial charge in [-0.25, -0.2) is 0 Å². The van der Waals surface area contributed by atoms with Crippen molar-refractivity contribution in [3.05, 3.63) is 35.4 Å². The number of ether oxygens (including phenoxy) is 1. The minimum atomic E-state index is 0.331. The monoisotopic (exact) mass is 261 g/mol. The van der Waals surface area contributed by atoms with Crippen LogP contribution >= 0.6 is 0 Å². The highest BCUT2D eigenvalue weighted by Crippen LogP contribution is 2.10. The van der Waals surface area contributed by atoms with Crippen LogP contribution in [0, 0.1) is 6.92 Å². The van der Waals surface area contributed by atoms with E-state index >= 15 is 0 Å². The van der Waals surface area contributed by atoms with E-state index in [0.29, 0.717) is 6.10 Å². The second-order valence-corrected chi connectivity index (χ2v) is 4.93. The molecule has 1 saturated heterocycles. The molecule has 1 heterocycles. The van der Waals surface area contributed by atoms with Crippen molar-refractivity contribution in [3.63, 3.8) is 0 Å². The molecule has 0 amide bonds. The van der Waals surface area contributed by atoms with Crippen LogP contribution in [0.2, 0.25) is 0 Å². The first-order valence-electron chi connectivity index (χ1n) is 6.89. The Hall–Kier alpha value is -1.55. The van der Waals surface area contributed by atoms with Gasteiger partial charge in [0.2, 0.25) is 0 Å². The molecular formula is C15H23N3O. The summed E-state index contributed by atoms with van der Waals surface area (Å²) >= 11 is 0. The molecule has 1 fully saturated rings. The number of guanidine groups is 1. The predicted octanol–water partition coefficient (Wildman–Crippen LogP) is 1.84. The highest BCUT2D eigenvalue weighted by molar-refractivity contribution is 5.79. The molecule has 4 nitrogen and oxygen atoms in total. The maximum absolute atomic E-state index is 5.58. The van der Waals surface area contributed by atoms with Crippen LogP contribution in [0.5, 0.6) is 0 Å². The van der Waals surface area contributed by atoms with Crippen LogP contribution in [0.15, 0.2) is 29.3 Å². The summed E-state index contributed by atoms with van der Waals surface area (Å²) < 4.78 is 5.58. The van der Waals surface area contributed by atoms with E-state index in [9.17, 15) is 0 Å². The second kappa shape index (κ2) is 7.14. The van der Waals surface area contributed by atoms with Crippen LogP contribution in [0.1, 0.15) is 24.0 Å². The fourth-order valence-corrected chi connectivity index (χ4v) is 2.13. The van der Waals surface area contributed by atoms with E-state index < -0.39 is 0 Å². The van der Waals surface area contributed by atoms with E-state index in [0.717, 1.165) is 32.1 Å². The average molecular weight is 261 g/mol. The highest BCUT2D eigenvalue weighted by Gasteiger charge is 2.15. The Kier molecular flexibility index (Phi) is 5.21. The van der Waals surface area contributed by atoms with Gasteiger partial charge in [0.25, 0.3) is 0 Å². The van der Waals surface area contributed by atoms with E-state index in [1.165, 1.54) is 17.5 Å². The number of aryl methyl sites for hydroxylation is 1. The van der Waals surface area contributed by atoms with Crippen LogP contribution in [0.3, 0.4) is 0 Å². The Morgan fingerprint density at radius 3 is 2.74 bits per heavy atom. The minimum absolute atomic E-state index is 0.331. The summed E-state index contributed by atoms with van der Waals surface area (Å²) in [6.07, 6.45) is 2.64. The van der Waals surface area contributed by atoms with Crippen molar-refractivity contribution in [1.82, 2.24) is 10.6 Å². The predicted molar refractivity (Wildman–Crippen MR) is 78.4 cm³/mol. The van der Waals surface area contributed by atoms with Crippen molar-refractivity contribution in [3.8, 4) is 0 Å². The lowest BCUT2D eigenvalue weighted by Crippen LogP contribution is -2.40. The molecule has 0 aliphatic carbocycles. The van der Waals surface area contributed by atoms with Crippen molar-refractivity contribution in [1.29, 1.82) is 0 Å². The Morgan fingerprint density at radius 1 is 1.32 bits per heavy atom. The number of hydrogen-bond acceptors (Lipinski definition) is 2. The van der Waals surface area contributed by atoms with Crippen LogP contribution in [-0.4, -0.2) is 32.3 Å². The number of benzene rings is 1. The molecule has 0 bridgehead atoms. The largest absolute Gasteiger partial charge is 0.376 e. The Balaban J connectivity index is 1.74. The lowest BCUT2D eigenvalue weighted by Gasteiger charge is -2.15. The van der Waals surface area contributed by atoms with Crippen LogP contribution in [0.25, 0.3) is 0 Å². The first kappa shape index (κ1) is 13.9. The molecule has 2 N–H and O–H groups in total. The van der Waals surface area contributed by atoms with Gasteiger partial charge in [0.15, 0.2) is 5.96 Å². The van der Waals surface area contributed by atoms with Gasteiger partial charge in [-0.1, -0.05) is 29.8 Å². The summed E-state index contributed by atoms with van der Waals surface area (Å²) in [4.78, 5) is 4.22. The number of rotatable bonds is 4. The molecule has 0 spiro atoms. The molecule has 1 aromatic rings. The number of nitrogens with one attached hydrogen (secondary N) is 2. The van der Waals surface area contributed by atoms with Gasteiger partial charge < -0.3 is 15.4 Å². The van der Waals surface area contributed by atoms with Crippen LogP contribution in [0.4, 0.5) is 0 Å². The summed E-state index contributed by atoms with van der Waals surface area (Å²) in [5, 5.41) is 6.62. The smallest absolute Gasteiger partial charge is 0.191 e. The normalized spacial score (nSPS) is 19.5. The molecule has 2 rings (SSSR count). The highest BCUT2D eigenvalue weighted by atomic mass is 16.5. The third kappa shape index (κ3) is 4.56. The Morgan fingerprint density at radius 2 is 2.11 bits per heavy atom. The molecule has 1 aliphatic heterocycles.